The molecule has 0 unspecified atom stereocenters. The molecule has 0 aromatic carbocycles. The van der Waals surface area contributed by atoms with Crippen LogP contribution in [-0.4, -0.2) is 42.5 Å². The van der Waals surface area contributed by atoms with Crippen molar-refractivity contribution in [2.24, 2.45) is 17.1 Å². The highest BCUT2D eigenvalue weighted by molar-refractivity contribution is 5.89. The van der Waals surface area contributed by atoms with Crippen LogP contribution >= 0.6 is 0 Å². The Morgan fingerprint density at radius 2 is 1.80 bits per heavy atom. The molecule has 7 heteroatoms. The van der Waals surface area contributed by atoms with Gasteiger partial charge in [-0.1, -0.05) is 6.92 Å². The molecule has 1 rings (SSSR count). The SMILES string of the molecule is CC1CCC(CN)(C(=O)NCC(=O)NCC(=O)O)CC1. The minimum atomic E-state index is -1.12. The van der Waals surface area contributed by atoms with Gasteiger partial charge in [0.25, 0.3) is 0 Å². The van der Waals surface area contributed by atoms with E-state index in [9.17, 15) is 14.4 Å². The Bertz CT molecular complexity index is 376. The summed E-state index contributed by atoms with van der Waals surface area (Å²) in [5.41, 5.74) is 5.17. The van der Waals surface area contributed by atoms with E-state index in [2.05, 4.69) is 17.6 Å². The van der Waals surface area contributed by atoms with Crippen LogP contribution < -0.4 is 16.4 Å². The number of rotatable bonds is 6. The zero-order chi connectivity index (χ0) is 15.2. The fourth-order valence-corrected chi connectivity index (χ4v) is 2.42. The lowest BCUT2D eigenvalue weighted by Crippen LogP contribution is -2.50. The maximum Gasteiger partial charge on any atom is 0.322 e. The first-order valence-corrected chi connectivity index (χ1v) is 6.86. The van der Waals surface area contributed by atoms with Crippen LogP contribution in [-0.2, 0) is 14.4 Å². The van der Waals surface area contributed by atoms with Crippen LogP contribution in [0.2, 0.25) is 0 Å². The maximum atomic E-state index is 12.2. The Hall–Kier alpha value is -1.63. The number of hydrogen-bond donors (Lipinski definition) is 4. The summed E-state index contributed by atoms with van der Waals surface area (Å²) in [4.78, 5) is 33.9. The van der Waals surface area contributed by atoms with Crippen molar-refractivity contribution in [1.29, 1.82) is 0 Å². The zero-order valence-corrected chi connectivity index (χ0v) is 11.8. The molecular formula is C13H23N3O4. The first-order valence-electron chi connectivity index (χ1n) is 6.86. The topological polar surface area (TPSA) is 122 Å². The van der Waals surface area contributed by atoms with E-state index in [1.807, 2.05) is 0 Å². The molecule has 1 aliphatic carbocycles. The summed E-state index contributed by atoms with van der Waals surface area (Å²) in [6.07, 6.45) is 3.37. The summed E-state index contributed by atoms with van der Waals surface area (Å²) in [7, 11) is 0. The third kappa shape index (κ3) is 4.48. The molecule has 1 fully saturated rings. The molecule has 20 heavy (non-hydrogen) atoms. The van der Waals surface area contributed by atoms with Crippen LogP contribution in [0.5, 0.6) is 0 Å². The van der Waals surface area contributed by atoms with Crippen LogP contribution in [0.3, 0.4) is 0 Å². The maximum absolute atomic E-state index is 12.2. The lowest BCUT2D eigenvalue weighted by atomic mass is 9.70. The van der Waals surface area contributed by atoms with Gasteiger partial charge >= 0.3 is 5.97 Å². The third-order valence-corrected chi connectivity index (χ3v) is 3.95. The first-order chi connectivity index (χ1) is 9.39. The van der Waals surface area contributed by atoms with Crippen molar-refractivity contribution in [3.8, 4) is 0 Å². The van der Waals surface area contributed by atoms with E-state index in [0.29, 0.717) is 5.92 Å². The lowest BCUT2D eigenvalue weighted by Gasteiger charge is -2.37. The van der Waals surface area contributed by atoms with Gasteiger partial charge in [0.2, 0.25) is 11.8 Å². The van der Waals surface area contributed by atoms with Crippen LogP contribution in [0, 0.1) is 11.3 Å². The second kappa shape index (κ2) is 7.23. The Balaban J connectivity index is 2.44. The number of carbonyl (C=O) groups excluding carboxylic acids is 2. The molecule has 0 bridgehead atoms. The molecule has 5 N–H and O–H groups in total. The van der Waals surface area contributed by atoms with Crippen molar-refractivity contribution in [1.82, 2.24) is 10.6 Å². The second-order valence-corrected chi connectivity index (χ2v) is 5.52. The first kappa shape index (κ1) is 16.4. The van der Waals surface area contributed by atoms with E-state index in [4.69, 9.17) is 10.8 Å². The van der Waals surface area contributed by atoms with Gasteiger partial charge in [0.05, 0.1) is 12.0 Å². The van der Waals surface area contributed by atoms with E-state index < -0.39 is 23.8 Å². The molecule has 0 aromatic rings. The van der Waals surface area contributed by atoms with Crippen LogP contribution in [0.15, 0.2) is 0 Å². The minimum Gasteiger partial charge on any atom is -0.480 e. The molecule has 0 atom stereocenters. The largest absolute Gasteiger partial charge is 0.480 e. The average molecular weight is 285 g/mol. The molecule has 2 amide bonds. The smallest absolute Gasteiger partial charge is 0.322 e. The molecule has 0 heterocycles. The van der Waals surface area contributed by atoms with Crippen molar-refractivity contribution in [3.63, 3.8) is 0 Å². The fraction of sp³-hybridized carbons (Fsp3) is 0.769. The van der Waals surface area contributed by atoms with Gasteiger partial charge in [0.1, 0.15) is 6.54 Å². The van der Waals surface area contributed by atoms with Gasteiger partial charge in [-0.2, -0.15) is 0 Å². The predicted octanol–water partition coefficient (Wildman–Crippen LogP) is -0.541. The number of hydrogen-bond acceptors (Lipinski definition) is 4. The highest BCUT2D eigenvalue weighted by Gasteiger charge is 2.39. The number of carbonyl (C=O) groups is 3. The molecule has 1 saturated carbocycles. The van der Waals surface area contributed by atoms with Crippen LogP contribution in [0.1, 0.15) is 32.6 Å². The second-order valence-electron chi connectivity index (χ2n) is 5.52. The lowest BCUT2D eigenvalue weighted by molar-refractivity contribution is -0.138. The molecule has 1 aliphatic rings. The summed E-state index contributed by atoms with van der Waals surface area (Å²) >= 11 is 0. The summed E-state index contributed by atoms with van der Waals surface area (Å²) in [5, 5.41) is 13.2. The molecular weight excluding hydrogens is 262 g/mol. The number of nitrogens with one attached hydrogen (secondary N) is 2. The highest BCUT2D eigenvalue weighted by atomic mass is 16.4. The predicted molar refractivity (Wildman–Crippen MR) is 72.8 cm³/mol. The monoisotopic (exact) mass is 285 g/mol. The van der Waals surface area contributed by atoms with E-state index >= 15 is 0 Å². The number of amides is 2. The summed E-state index contributed by atoms with van der Waals surface area (Å²) in [5.74, 6) is -1.25. The van der Waals surface area contributed by atoms with Gasteiger partial charge in [0.15, 0.2) is 0 Å². The van der Waals surface area contributed by atoms with Gasteiger partial charge < -0.3 is 21.5 Å². The summed E-state index contributed by atoms with van der Waals surface area (Å²) in [6, 6.07) is 0. The molecule has 0 spiro atoms. The molecule has 0 aliphatic heterocycles. The van der Waals surface area contributed by atoms with Crippen molar-refractivity contribution in [3.05, 3.63) is 0 Å². The number of nitrogens with two attached hydrogens (primary N) is 1. The standard InChI is InChI=1S/C13H23N3O4/c1-9-2-4-13(8-14,5-3-9)12(20)16-6-10(17)15-7-11(18)19/h9H,2-8,14H2,1H3,(H,15,17)(H,16,20)(H,18,19). The van der Waals surface area contributed by atoms with Crippen molar-refractivity contribution in [2.75, 3.05) is 19.6 Å². The Morgan fingerprint density at radius 3 is 2.30 bits per heavy atom. The van der Waals surface area contributed by atoms with Crippen molar-refractivity contribution < 1.29 is 19.5 Å². The number of carboxylic acid groups (broad SMARTS) is 1. The van der Waals surface area contributed by atoms with Gasteiger partial charge in [-0.15, -0.1) is 0 Å². The van der Waals surface area contributed by atoms with Gasteiger partial charge in [-0.05, 0) is 31.6 Å². The van der Waals surface area contributed by atoms with Crippen molar-refractivity contribution >= 4 is 17.8 Å². The Labute approximate surface area is 118 Å². The van der Waals surface area contributed by atoms with Crippen LogP contribution in [0.25, 0.3) is 0 Å². The highest BCUT2D eigenvalue weighted by Crippen LogP contribution is 2.38. The summed E-state index contributed by atoms with van der Waals surface area (Å²) < 4.78 is 0. The summed E-state index contributed by atoms with van der Waals surface area (Å²) in [6.45, 7) is 1.75. The number of aliphatic carboxylic acids is 1. The fourth-order valence-electron chi connectivity index (χ4n) is 2.42. The van der Waals surface area contributed by atoms with Gasteiger partial charge in [0, 0.05) is 6.54 Å². The molecule has 0 aromatic heterocycles. The van der Waals surface area contributed by atoms with E-state index in [1.54, 1.807) is 0 Å². The molecule has 0 radical (unpaired) electrons. The number of carboxylic acids is 1. The Morgan fingerprint density at radius 1 is 1.20 bits per heavy atom. The van der Waals surface area contributed by atoms with Crippen LogP contribution in [0.4, 0.5) is 0 Å². The van der Waals surface area contributed by atoms with Gasteiger partial charge in [-0.3, -0.25) is 14.4 Å². The Kier molecular flexibility index (Phi) is 5.94. The normalized spacial score (nSPS) is 25.8. The molecule has 0 saturated heterocycles. The van der Waals surface area contributed by atoms with Gasteiger partial charge in [-0.25, -0.2) is 0 Å². The van der Waals surface area contributed by atoms with Crippen molar-refractivity contribution in [2.45, 2.75) is 32.6 Å². The average Bonchev–Trinajstić information content (AvgIpc) is 2.43. The van der Waals surface area contributed by atoms with E-state index in [0.717, 1.165) is 25.7 Å². The minimum absolute atomic E-state index is 0.211. The third-order valence-electron chi connectivity index (χ3n) is 3.95. The quantitative estimate of drug-likeness (QED) is 0.522. The van der Waals surface area contributed by atoms with E-state index in [-0.39, 0.29) is 19.0 Å². The molecule has 7 nitrogen and oxygen atoms in total. The van der Waals surface area contributed by atoms with E-state index in [1.165, 1.54) is 0 Å². The zero-order valence-electron chi connectivity index (χ0n) is 11.8. The molecule has 114 valence electrons.